The summed E-state index contributed by atoms with van der Waals surface area (Å²) in [5.74, 6) is 0.390. The average molecular weight is 277 g/mol. The van der Waals surface area contributed by atoms with Crippen LogP contribution in [0.25, 0.3) is 16.9 Å². The van der Waals surface area contributed by atoms with Crippen molar-refractivity contribution in [2.45, 2.75) is 26.2 Å². The van der Waals surface area contributed by atoms with Gasteiger partial charge in [-0.2, -0.15) is 0 Å². The second kappa shape index (κ2) is 4.52. The monoisotopic (exact) mass is 277 g/mol. The molecular weight excluding hydrogens is 262 g/mol. The van der Waals surface area contributed by atoms with Gasteiger partial charge in [-0.25, -0.2) is 4.98 Å². The maximum atomic E-state index is 11.4. The van der Waals surface area contributed by atoms with Gasteiger partial charge in [0.05, 0.1) is 0 Å². The summed E-state index contributed by atoms with van der Waals surface area (Å²) in [6, 6.07) is 12.2. The van der Waals surface area contributed by atoms with E-state index in [1.165, 1.54) is 17.5 Å². The normalized spacial score (nSPS) is 13.6. The number of nitroso groups, excluding NO2 is 1. The van der Waals surface area contributed by atoms with Gasteiger partial charge in [-0.1, -0.05) is 18.2 Å². The maximum Gasteiger partial charge on any atom is 0.209 e. The van der Waals surface area contributed by atoms with Gasteiger partial charge in [-0.3, -0.25) is 4.40 Å². The molecular formula is C17H15N3O. The second-order valence-electron chi connectivity index (χ2n) is 5.57. The number of pyridine rings is 1. The van der Waals surface area contributed by atoms with Gasteiger partial charge in [-0.05, 0) is 60.7 Å². The Morgan fingerprint density at radius 3 is 2.86 bits per heavy atom. The van der Waals surface area contributed by atoms with Gasteiger partial charge < -0.3 is 0 Å². The molecule has 0 amide bonds. The lowest BCUT2D eigenvalue weighted by Gasteiger charge is -2.03. The largest absolute Gasteiger partial charge is 0.278 e. The summed E-state index contributed by atoms with van der Waals surface area (Å²) >= 11 is 0. The summed E-state index contributed by atoms with van der Waals surface area (Å²) in [7, 11) is 0. The predicted molar refractivity (Wildman–Crippen MR) is 82.8 cm³/mol. The van der Waals surface area contributed by atoms with Crippen LogP contribution in [0, 0.1) is 11.8 Å². The van der Waals surface area contributed by atoms with Crippen LogP contribution < -0.4 is 0 Å². The van der Waals surface area contributed by atoms with E-state index < -0.39 is 0 Å². The van der Waals surface area contributed by atoms with Gasteiger partial charge in [0.2, 0.25) is 5.82 Å². The highest BCUT2D eigenvalue weighted by molar-refractivity contribution is 5.75. The van der Waals surface area contributed by atoms with E-state index in [2.05, 4.69) is 28.4 Å². The third kappa shape index (κ3) is 1.79. The van der Waals surface area contributed by atoms with Crippen molar-refractivity contribution in [2.75, 3.05) is 0 Å². The Morgan fingerprint density at radius 1 is 1.14 bits per heavy atom. The topological polar surface area (TPSA) is 46.7 Å². The van der Waals surface area contributed by atoms with Crippen molar-refractivity contribution in [1.82, 2.24) is 9.38 Å². The van der Waals surface area contributed by atoms with Crippen LogP contribution in [0.1, 0.15) is 23.2 Å². The fourth-order valence-electron chi connectivity index (χ4n) is 3.23. The van der Waals surface area contributed by atoms with Crippen molar-refractivity contribution in [3.05, 3.63) is 58.1 Å². The molecule has 1 aliphatic rings. The SMILES string of the molecule is Cc1cccc2nc(-c3ccc4c(c3)CCC4)c(N=O)n12. The summed E-state index contributed by atoms with van der Waals surface area (Å²) in [5, 5.41) is 3.24. The first kappa shape index (κ1) is 12.3. The van der Waals surface area contributed by atoms with Crippen LogP contribution in [0.2, 0.25) is 0 Å². The third-order valence-electron chi connectivity index (χ3n) is 4.27. The van der Waals surface area contributed by atoms with Gasteiger partial charge in [0.15, 0.2) is 0 Å². The first-order valence-corrected chi connectivity index (χ1v) is 7.21. The third-order valence-corrected chi connectivity index (χ3v) is 4.27. The molecule has 3 aromatic rings. The highest BCUT2D eigenvalue weighted by atomic mass is 16.3. The number of imidazole rings is 1. The fraction of sp³-hybridized carbons (Fsp3) is 0.235. The molecule has 0 radical (unpaired) electrons. The summed E-state index contributed by atoms with van der Waals surface area (Å²) in [6.07, 6.45) is 3.47. The minimum Gasteiger partial charge on any atom is -0.278 e. The zero-order valence-electron chi connectivity index (χ0n) is 11.8. The lowest BCUT2D eigenvalue weighted by atomic mass is 10.0. The van der Waals surface area contributed by atoms with Crippen LogP contribution in [0.4, 0.5) is 5.82 Å². The molecule has 0 bridgehead atoms. The molecule has 4 nitrogen and oxygen atoms in total. The Morgan fingerprint density at radius 2 is 2.00 bits per heavy atom. The Kier molecular flexibility index (Phi) is 2.64. The van der Waals surface area contributed by atoms with Gasteiger partial charge in [0.1, 0.15) is 11.3 Å². The molecule has 4 heteroatoms. The fourth-order valence-corrected chi connectivity index (χ4v) is 3.23. The molecule has 0 fully saturated rings. The number of rotatable bonds is 2. The van der Waals surface area contributed by atoms with E-state index in [1.54, 1.807) is 0 Å². The Labute approximate surface area is 122 Å². The maximum absolute atomic E-state index is 11.4. The summed E-state index contributed by atoms with van der Waals surface area (Å²) in [5.41, 5.74) is 6.17. The molecule has 0 aliphatic heterocycles. The molecule has 1 aliphatic carbocycles. The first-order chi connectivity index (χ1) is 10.3. The van der Waals surface area contributed by atoms with Crippen LogP contribution in [-0.2, 0) is 12.8 Å². The molecule has 21 heavy (non-hydrogen) atoms. The molecule has 0 unspecified atom stereocenters. The highest BCUT2D eigenvalue weighted by Crippen LogP contribution is 2.34. The van der Waals surface area contributed by atoms with Crippen LogP contribution in [-0.4, -0.2) is 9.38 Å². The van der Waals surface area contributed by atoms with E-state index in [4.69, 9.17) is 0 Å². The van der Waals surface area contributed by atoms with E-state index in [9.17, 15) is 4.91 Å². The lowest BCUT2D eigenvalue weighted by molar-refractivity contribution is 0.912. The van der Waals surface area contributed by atoms with Gasteiger partial charge in [0, 0.05) is 11.3 Å². The molecule has 2 heterocycles. The number of aryl methyl sites for hydroxylation is 3. The van der Waals surface area contributed by atoms with Crippen molar-refractivity contribution in [1.29, 1.82) is 0 Å². The summed E-state index contributed by atoms with van der Waals surface area (Å²) in [4.78, 5) is 16.0. The van der Waals surface area contributed by atoms with Crippen molar-refractivity contribution in [3.8, 4) is 11.3 Å². The van der Waals surface area contributed by atoms with E-state index in [1.807, 2.05) is 29.5 Å². The van der Waals surface area contributed by atoms with Crippen LogP contribution in [0.15, 0.2) is 41.6 Å². The van der Waals surface area contributed by atoms with E-state index in [0.717, 1.165) is 29.7 Å². The standard InChI is InChI=1S/C17H15N3O/c1-11-4-2-7-15-18-16(17(19-21)20(11)15)14-9-8-12-5-3-6-13(12)10-14/h2,4,7-10H,3,5-6H2,1H3. The van der Waals surface area contributed by atoms with Gasteiger partial charge in [-0.15, -0.1) is 4.91 Å². The number of benzene rings is 1. The smallest absolute Gasteiger partial charge is 0.209 e. The molecule has 0 spiro atoms. The molecule has 104 valence electrons. The minimum absolute atomic E-state index is 0.390. The molecule has 0 N–H and O–H groups in total. The Hall–Kier alpha value is -2.49. The second-order valence-corrected chi connectivity index (χ2v) is 5.57. The van der Waals surface area contributed by atoms with Crippen LogP contribution >= 0.6 is 0 Å². The van der Waals surface area contributed by atoms with E-state index in [0.29, 0.717) is 11.5 Å². The first-order valence-electron chi connectivity index (χ1n) is 7.21. The number of aromatic nitrogens is 2. The molecule has 4 rings (SSSR count). The van der Waals surface area contributed by atoms with Crippen LogP contribution in [0.3, 0.4) is 0 Å². The number of hydrogen-bond acceptors (Lipinski definition) is 3. The minimum atomic E-state index is 0.390. The average Bonchev–Trinajstić information content (AvgIpc) is 3.10. The number of fused-ring (bicyclic) bond motifs is 2. The van der Waals surface area contributed by atoms with Crippen molar-refractivity contribution in [2.24, 2.45) is 5.18 Å². The van der Waals surface area contributed by atoms with E-state index >= 15 is 0 Å². The Balaban J connectivity index is 1.98. The quantitative estimate of drug-likeness (QED) is 0.659. The highest BCUT2D eigenvalue weighted by Gasteiger charge is 2.18. The molecule has 2 aromatic heterocycles. The Bertz CT molecular complexity index is 864. The molecule has 0 saturated carbocycles. The van der Waals surface area contributed by atoms with Crippen molar-refractivity contribution in [3.63, 3.8) is 0 Å². The zero-order valence-corrected chi connectivity index (χ0v) is 11.8. The number of nitrogens with zero attached hydrogens (tertiary/aromatic N) is 3. The van der Waals surface area contributed by atoms with Crippen molar-refractivity contribution < 1.29 is 0 Å². The lowest BCUT2D eigenvalue weighted by Crippen LogP contribution is -1.89. The number of hydrogen-bond donors (Lipinski definition) is 0. The van der Waals surface area contributed by atoms with Gasteiger partial charge >= 0.3 is 0 Å². The predicted octanol–water partition coefficient (Wildman–Crippen LogP) is 4.20. The molecule has 0 saturated heterocycles. The van der Waals surface area contributed by atoms with Crippen LogP contribution in [0.5, 0.6) is 0 Å². The molecule has 0 atom stereocenters. The van der Waals surface area contributed by atoms with E-state index in [-0.39, 0.29) is 0 Å². The summed E-state index contributed by atoms with van der Waals surface area (Å²) in [6.45, 7) is 1.95. The molecule has 1 aromatic carbocycles. The zero-order chi connectivity index (χ0) is 14.4. The van der Waals surface area contributed by atoms with Crippen molar-refractivity contribution >= 4 is 11.5 Å². The van der Waals surface area contributed by atoms with Gasteiger partial charge in [0.25, 0.3) is 0 Å². The summed E-state index contributed by atoms with van der Waals surface area (Å²) < 4.78 is 1.82.